The van der Waals surface area contributed by atoms with Gasteiger partial charge in [-0.25, -0.2) is 13.8 Å². The number of ether oxygens (including phenoxy) is 1. The van der Waals surface area contributed by atoms with Crippen molar-refractivity contribution < 1.29 is 46.2 Å². The first-order chi connectivity index (χ1) is 22.4. The van der Waals surface area contributed by atoms with E-state index in [0.717, 1.165) is 24.3 Å². The lowest BCUT2D eigenvalue weighted by atomic mass is 9.81. The van der Waals surface area contributed by atoms with Gasteiger partial charge in [0.15, 0.2) is 5.67 Å². The first-order valence-electron chi connectivity index (χ1n) is 14.7. The smallest absolute Gasteiger partial charge is 0.424 e. The Balaban J connectivity index is 1.40. The number of aryl methyl sites for hydroxylation is 1. The van der Waals surface area contributed by atoms with Crippen molar-refractivity contribution >= 4 is 34.3 Å². The van der Waals surface area contributed by atoms with Crippen LogP contribution in [0.3, 0.4) is 0 Å². The van der Waals surface area contributed by atoms with Gasteiger partial charge in [-0.05, 0) is 80.8 Å². The number of nitrogens with two attached hydrogens (primary N) is 1. The fraction of sp³-hybridized carbons (Fsp3) is 0.303. The van der Waals surface area contributed by atoms with Crippen molar-refractivity contribution in [2.75, 3.05) is 18.5 Å². The van der Waals surface area contributed by atoms with Gasteiger partial charge in [0.25, 0.3) is 11.8 Å². The minimum atomic E-state index is -5.44. The number of nitrogens with one attached hydrogen (secondary N) is 2. The maximum atomic E-state index is 14.8. The van der Waals surface area contributed by atoms with Crippen LogP contribution in [0, 0.1) is 12.7 Å². The first kappa shape index (κ1) is 32.7. The van der Waals surface area contributed by atoms with Crippen LogP contribution in [-0.2, 0) is 20.6 Å². The molecule has 4 aromatic rings. The van der Waals surface area contributed by atoms with Gasteiger partial charge in [0.1, 0.15) is 29.3 Å². The summed E-state index contributed by atoms with van der Waals surface area (Å²) in [5, 5.41) is 16.2. The maximum Gasteiger partial charge on any atom is 0.424 e. The lowest BCUT2D eigenvalue weighted by molar-refractivity contribution is -0.265. The minimum absolute atomic E-state index is 0.0177. The third-order valence-electron chi connectivity index (χ3n) is 8.66. The zero-order chi connectivity index (χ0) is 34.8. The molecule has 0 spiro atoms. The Morgan fingerprint density at radius 2 is 1.77 bits per heavy atom. The normalized spacial score (nSPS) is 19.2. The third kappa shape index (κ3) is 5.57. The zero-order valence-corrected chi connectivity index (χ0v) is 25.5. The summed E-state index contributed by atoms with van der Waals surface area (Å²) in [4.78, 5) is 46.7. The van der Waals surface area contributed by atoms with Gasteiger partial charge in [0.2, 0.25) is 11.5 Å². The quantitative estimate of drug-likeness (QED) is 0.201. The lowest BCUT2D eigenvalue weighted by Crippen LogP contribution is -2.51. The Hall–Kier alpha value is -5.18. The number of aliphatic hydroxyl groups is 1. The molecule has 5 N–H and O–H groups in total. The van der Waals surface area contributed by atoms with Gasteiger partial charge in [-0.1, -0.05) is 0 Å². The van der Waals surface area contributed by atoms with Gasteiger partial charge in [-0.3, -0.25) is 19.4 Å². The Morgan fingerprint density at radius 1 is 1.08 bits per heavy atom. The molecule has 15 heteroatoms. The Morgan fingerprint density at radius 3 is 2.40 bits per heavy atom. The summed E-state index contributed by atoms with van der Waals surface area (Å²) in [5.41, 5.74) is -2.46. The highest BCUT2D eigenvalue weighted by molar-refractivity contribution is 6.08. The van der Waals surface area contributed by atoms with Crippen molar-refractivity contribution in [1.82, 2.24) is 15.3 Å². The molecular formula is C33H28F5N5O5. The van der Waals surface area contributed by atoms with Crippen LogP contribution >= 0.6 is 0 Å². The van der Waals surface area contributed by atoms with Crippen LogP contribution in [0.5, 0.6) is 5.75 Å². The average molecular weight is 670 g/mol. The number of hydrogen-bond donors (Lipinski definition) is 4. The fourth-order valence-corrected chi connectivity index (χ4v) is 5.41. The molecule has 0 bridgehead atoms. The van der Waals surface area contributed by atoms with Crippen LogP contribution in [0.1, 0.15) is 46.9 Å². The summed E-state index contributed by atoms with van der Waals surface area (Å²) >= 11 is 0. The molecule has 2 aliphatic rings. The molecule has 250 valence electrons. The van der Waals surface area contributed by atoms with Crippen LogP contribution in [0.4, 0.5) is 27.6 Å². The number of carbonyl (C=O) groups excluding carboxylic acids is 3. The molecule has 0 radical (unpaired) electrons. The number of alkyl halides is 4. The van der Waals surface area contributed by atoms with Gasteiger partial charge in [0, 0.05) is 28.3 Å². The van der Waals surface area contributed by atoms with Gasteiger partial charge in [0.05, 0.1) is 23.4 Å². The zero-order valence-electron chi connectivity index (χ0n) is 25.5. The summed E-state index contributed by atoms with van der Waals surface area (Å²) in [5.74, 6) is -3.65. The second-order valence-electron chi connectivity index (χ2n) is 12.3. The van der Waals surface area contributed by atoms with E-state index in [9.17, 15) is 41.4 Å². The monoisotopic (exact) mass is 669 g/mol. The molecule has 6 rings (SSSR count). The highest BCUT2D eigenvalue weighted by Gasteiger charge is 2.58. The molecule has 3 amide bonds. The van der Waals surface area contributed by atoms with Crippen molar-refractivity contribution in [3.05, 3.63) is 82.9 Å². The van der Waals surface area contributed by atoms with E-state index in [1.807, 2.05) is 0 Å². The van der Waals surface area contributed by atoms with Gasteiger partial charge in [-0.2, -0.15) is 13.2 Å². The summed E-state index contributed by atoms with van der Waals surface area (Å²) in [7, 11) is 0. The lowest BCUT2D eigenvalue weighted by Gasteiger charge is -2.31. The topological polar surface area (TPSA) is 157 Å². The van der Waals surface area contributed by atoms with Crippen LogP contribution in [0.25, 0.3) is 22.2 Å². The summed E-state index contributed by atoms with van der Waals surface area (Å²) in [6.07, 6.45) is -3.91. The largest absolute Gasteiger partial charge is 0.489 e. The van der Waals surface area contributed by atoms with E-state index in [4.69, 9.17) is 10.5 Å². The molecule has 0 unspecified atom stereocenters. The first-order valence-corrected chi connectivity index (χ1v) is 14.7. The number of amides is 3. The standard InChI is InChI=1S/C33H28F5N5O5/c1-16-9-18-10-19(11-22(24(18)40-13-16)42-29(46)31(35)7-8-31)27(44)41-14-32(47,33(36,37)38)23-12-21-26(48-15-30(21,2)28(39)45)25(43-23)17-3-5-20(34)6-4-17/h3-6,9-13,47H,7-8,14-15H2,1-2H3,(H2,39,45)(H,41,44)(H,42,46)/t30-,32+/m0/s1. The average Bonchev–Trinajstić information content (AvgIpc) is 3.70. The number of aromatic nitrogens is 2. The Bertz CT molecular complexity index is 2000. The predicted molar refractivity (Wildman–Crippen MR) is 162 cm³/mol. The second kappa shape index (κ2) is 11.2. The molecule has 1 fully saturated rings. The molecule has 2 aromatic carbocycles. The maximum absolute atomic E-state index is 14.8. The van der Waals surface area contributed by atoms with Gasteiger partial charge in [-0.15, -0.1) is 0 Å². The van der Waals surface area contributed by atoms with E-state index in [1.54, 1.807) is 13.0 Å². The Kier molecular flexibility index (Phi) is 7.65. The molecule has 3 heterocycles. The van der Waals surface area contributed by atoms with Crippen LogP contribution in [0.15, 0.2) is 54.7 Å². The van der Waals surface area contributed by atoms with E-state index >= 15 is 0 Å². The number of pyridine rings is 2. The van der Waals surface area contributed by atoms with Crippen LogP contribution in [0.2, 0.25) is 0 Å². The number of benzene rings is 2. The number of fused-ring (bicyclic) bond motifs is 2. The number of halogens is 5. The van der Waals surface area contributed by atoms with Gasteiger partial charge >= 0.3 is 6.18 Å². The van der Waals surface area contributed by atoms with Crippen LogP contribution < -0.4 is 21.1 Å². The number of nitrogens with zero attached hydrogens (tertiary/aromatic N) is 2. The number of carbonyl (C=O) groups is 3. The molecular weight excluding hydrogens is 641 g/mol. The van der Waals surface area contributed by atoms with E-state index in [0.29, 0.717) is 10.9 Å². The molecule has 2 aromatic heterocycles. The van der Waals surface area contributed by atoms with E-state index in [1.165, 1.54) is 31.3 Å². The number of primary amides is 1. The molecule has 10 nitrogen and oxygen atoms in total. The van der Waals surface area contributed by atoms with E-state index in [-0.39, 0.29) is 58.8 Å². The van der Waals surface area contributed by atoms with Crippen LogP contribution in [-0.4, -0.2) is 57.8 Å². The predicted octanol–water partition coefficient (Wildman–Crippen LogP) is 4.50. The molecule has 48 heavy (non-hydrogen) atoms. The van der Waals surface area contributed by atoms with E-state index < -0.39 is 58.6 Å². The highest BCUT2D eigenvalue weighted by Crippen LogP contribution is 2.48. The van der Waals surface area contributed by atoms with Crippen molar-refractivity contribution in [1.29, 1.82) is 0 Å². The molecule has 0 saturated heterocycles. The molecule has 1 aliphatic carbocycles. The van der Waals surface area contributed by atoms with Crippen molar-refractivity contribution in [2.24, 2.45) is 5.73 Å². The number of anilines is 1. The molecule has 2 atom stereocenters. The minimum Gasteiger partial charge on any atom is -0.489 e. The summed E-state index contributed by atoms with van der Waals surface area (Å²) in [6, 6.07) is 9.50. The molecule has 1 aliphatic heterocycles. The number of hydrogen-bond acceptors (Lipinski definition) is 7. The Labute approximate surface area is 269 Å². The van der Waals surface area contributed by atoms with Crippen molar-refractivity contribution in [3.63, 3.8) is 0 Å². The third-order valence-corrected chi connectivity index (χ3v) is 8.66. The van der Waals surface area contributed by atoms with Crippen molar-refractivity contribution in [3.8, 4) is 17.0 Å². The molecule has 1 saturated carbocycles. The number of rotatable bonds is 8. The summed E-state index contributed by atoms with van der Waals surface area (Å²) in [6.45, 7) is 1.28. The van der Waals surface area contributed by atoms with Gasteiger partial charge < -0.3 is 26.2 Å². The summed E-state index contributed by atoms with van der Waals surface area (Å²) < 4.78 is 78.2. The highest BCUT2D eigenvalue weighted by atomic mass is 19.4. The second-order valence-corrected chi connectivity index (χ2v) is 12.3. The van der Waals surface area contributed by atoms with Crippen molar-refractivity contribution in [2.45, 2.75) is 49.6 Å². The SMILES string of the molecule is Cc1cnc2c(NC(=O)C3(F)CC3)cc(C(=O)NC[C@@](O)(c3cc4c(c(-c5ccc(F)cc5)n3)OC[C@]4(C)C(N)=O)C(F)(F)F)cc2c1. The fourth-order valence-electron chi connectivity index (χ4n) is 5.41. The van der Waals surface area contributed by atoms with E-state index in [2.05, 4.69) is 20.6 Å².